The first-order valence-corrected chi connectivity index (χ1v) is 4.70. The second-order valence-corrected chi connectivity index (χ2v) is 3.10. The van der Waals surface area contributed by atoms with Crippen LogP contribution in [0.25, 0.3) is 0 Å². The van der Waals surface area contributed by atoms with E-state index < -0.39 is 5.97 Å². The van der Waals surface area contributed by atoms with Crippen molar-refractivity contribution in [3.63, 3.8) is 0 Å². The van der Waals surface area contributed by atoms with Gasteiger partial charge in [0.25, 0.3) is 6.47 Å². The quantitative estimate of drug-likeness (QED) is 0.256. The number of hydrogen-bond acceptors (Lipinski definition) is 4. The summed E-state index contributed by atoms with van der Waals surface area (Å²) < 4.78 is 9.61. The van der Waals surface area contributed by atoms with Crippen molar-refractivity contribution in [1.82, 2.24) is 0 Å². The maximum atomic E-state index is 11.6. The summed E-state index contributed by atoms with van der Waals surface area (Å²) in [4.78, 5) is 21.6. The maximum absolute atomic E-state index is 11.6. The Morgan fingerprint density at radius 1 is 1.19 bits per heavy atom. The van der Waals surface area contributed by atoms with Crippen LogP contribution >= 0.6 is 0 Å². The predicted molar refractivity (Wildman–Crippen MR) is 57.6 cm³/mol. The number of hydrogen-bond donors (Lipinski definition) is 0. The van der Waals surface area contributed by atoms with Crippen LogP contribution in [0.2, 0.25) is 0 Å². The SMILES string of the molecule is CC(OC=O)=C(C)C(=O)Oc1ccccc1. The van der Waals surface area contributed by atoms with E-state index >= 15 is 0 Å². The predicted octanol–water partition coefficient (Wildman–Crippen LogP) is 2.06. The molecule has 0 amide bonds. The van der Waals surface area contributed by atoms with Crippen molar-refractivity contribution in [3.05, 3.63) is 41.7 Å². The molecule has 0 saturated carbocycles. The Bertz CT molecular complexity index is 406. The monoisotopic (exact) mass is 220 g/mol. The van der Waals surface area contributed by atoms with E-state index in [1.165, 1.54) is 13.8 Å². The Balaban J connectivity index is 2.73. The van der Waals surface area contributed by atoms with Gasteiger partial charge in [-0.2, -0.15) is 0 Å². The van der Waals surface area contributed by atoms with E-state index in [1.807, 2.05) is 6.07 Å². The van der Waals surface area contributed by atoms with Gasteiger partial charge in [0, 0.05) is 0 Å². The topological polar surface area (TPSA) is 52.6 Å². The Labute approximate surface area is 93.5 Å². The van der Waals surface area contributed by atoms with Crippen molar-refractivity contribution >= 4 is 12.4 Å². The largest absolute Gasteiger partial charge is 0.433 e. The van der Waals surface area contributed by atoms with E-state index in [2.05, 4.69) is 4.74 Å². The van der Waals surface area contributed by atoms with Gasteiger partial charge in [-0.3, -0.25) is 4.79 Å². The molecule has 0 saturated heterocycles. The lowest BCUT2D eigenvalue weighted by Gasteiger charge is -2.06. The highest BCUT2D eigenvalue weighted by atomic mass is 16.5. The lowest BCUT2D eigenvalue weighted by atomic mass is 10.2. The van der Waals surface area contributed by atoms with Crippen LogP contribution in [0.4, 0.5) is 0 Å². The normalized spacial score (nSPS) is 11.4. The summed E-state index contributed by atoms with van der Waals surface area (Å²) in [5, 5.41) is 0. The van der Waals surface area contributed by atoms with Crippen LogP contribution in [0.5, 0.6) is 5.75 Å². The Hall–Kier alpha value is -2.10. The Kier molecular flexibility index (Phi) is 4.27. The summed E-state index contributed by atoms with van der Waals surface area (Å²) in [6, 6.07) is 8.68. The third-order valence-corrected chi connectivity index (χ3v) is 2.01. The lowest BCUT2D eigenvalue weighted by molar-refractivity contribution is -0.130. The summed E-state index contributed by atoms with van der Waals surface area (Å²) in [5.41, 5.74) is 0.260. The third kappa shape index (κ3) is 3.24. The van der Waals surface area contributed by atoms with Gasteiger partial charge in [-0.1, -0.05) is 18.2 Å². The second kappa shape index (κ2) is 5.70. The summed E-state index contributed by atoms with van der Waals surface area (Å²) in [7, 11) is 0. The molecule has 16 heavy (non-hydrogen) atoms. The average molecular weight is 220 g/mol. The minimum Gasteiger partial charge on any atom is -0.433 e. The molecular weight excluding hydrogens is 208 g/mol. The van der Waals surface area contributed by atoms with Crippen LogP contribution in [0.15, 0.2) is 41.7 Å². The number of esters is 1. The first kappa shape index (κ1) is 12.0. The molecular formula is C12H12O4. The first-order chi connectivity index (χ1) is 7.65. The highest BCUT2D eigenvalue weighted by molar-refractivity contribution is 5.90. The molecule has 0 aliphatic heterocycles. The number of para-hydroxylation sites is 1. The van der Waals surface area contributed by atoms with Gasteiger partial charge in [0.05, 0.1) is 5.57 Å². The molecule has 0 bridgehead atoms. The zero-order valence-electron chi connectivity index (χ0n) is 9.10. The number of rotatable bonds is 4. The molecule has 4 heteroatoms. The molecule has 4 nitrogen and oxygen atoms in total. The molecule has 0 fully saturated rings. The van der Waals surface area contributed by atoms with Crippen LogP contribution in [0.1, 0.15) is 13.8 Å². The molecule has 1 aromatic rings. The van der Waals surface area contributed by atoms with Crippen LogP contribution < -0.4 is 4.74 Å². The molecule has 84 valence electrons. The number of carbonyl (C=O) groups is 2. The van der Waals surface area contributed by atoms with Gasteiger partial charge in [-0.25, -0.2) is 4.79 Å². The minimum absolute atomic E-state index is 0.232. The van der Waals surface area contributed by atoms with Gasteiger partial charge in [-0.15, -0.1) is 0 Å². The molecule has 0 N–H and O–H groups in total. The van der Waals surface area contributed by atoms with Gasteiger partial charge >= 0.3 is 5.97 Å². The van der Waals surface area contributed by atoms with Gasteiger partial charge in [0.1, 0.15) is 11.5 Å². The molecule has 0 atom stereocenters. The van der Waals surface area contributed by atoms with E-state index in [1.54, 1.807) is 24.3 Å². The van der Waals surface area contributed by atoms with Crippen molar-refractivity contribution in [2.24, 2.45) is 0 Å². The van der Waals surface area contributed by atoms with Gasteiger partial charge < -0.3 is 9.47 Å². The smallest absolute Gasteiger partial charge is 0.342 e. The van der Waals surface area contributed by atoms with Crippen molar-refractivity contribution in [2.45, 2.75) is 13.8 Å². The van der Waals surface area contributed by atoms with Crippen molar-refractivity contribution in [3.8, 4) is 5.75 Å². The number of carbonyl (C=O) groups excluding carboxylic acids is 2. The van der Waals surface area contributed by atoms with Crippen molar-refractivity contribution in [1.29, 1.82) is 0 Å². The van der Waals surface area contributed by atoms with Gasteiger partial charge in [0.2, 0.25) is 0 Å². The number of ether oxygens (including phenoxy) is 2. The molecule has 0 radical (unpaired) electrons. The summed E-state index contributed by atoms with van der Waals surface area (Å²) >= 11 is 0. The van der Waals surface area contributed by atoms with Gasteiger partial charge in [0.15, 0.2) is 0 Å². The first-order valence-electron chi connectivity index (χ1n) is 4.70. The molecule has 0 aliphatic carbocycles. The Morgan fingerprint density at radius 2 is 1.81 bits per heavy atom. The van der Waals surface area contributed by atoms with Crippen LogP contribution in [-0.2, 0) is 14.3 Å². The molecule has 0 spiro atoms. The molecule has 1 aromatic carbocycles. The minimum atomic E-state index is -0.537. The molecule has 1 rings (SSSR count). The van der Waals surface area contributed by atoms with Crippen LogP contribution in [0, 0.1) is 0 Å². The highest BCUT2D eigenvalue weighted by Crippen LogP contribution is 2.12. The highest BCUT2D eigenvalue weighted by Gasteiger charge is 2.11. The fraction of sp³-hybridized carbons (Fsp3) is 0.167. The number of allylic oxidation sites excluding steroid dienone is 1. The molecule has 0 heterocycles. The molecule has 0 aliphatic rings. The molecule has 0 unspecified atom stereocenters. The average Bonchev–Trinajstić information content (AvgIpc) is 2.29. The summed E-state index contributed by atoms with van der Waals surface area (Å²) in [5.74, 6) is 0.146. The van der Waals surface area contributed by atoms with E-state index in [0.29, 0.717) is 5.75 Å². The van der Waals surface area contributed by atoms with Crippen LogP contribution in [0.3, 0.4) is 0 Å². The van der Waals surface area contributed by atoms with E-state index in [9.17, 15) is 9.59 Å². The number of benzene rings is 1. The van der Waals surface area contributed by atoms with Crippen molar-refractivity contribution in [2.75, 3.05) is 0 Å². The zero-order chi connectivity index (χ0) is 12.0. The lowest BCUT2D eigenvalue weighted by Crippen LogP contribution is -2.11. The summed E-state index contributed by atoms with van der Waals surface area (Å²) in [6.45, 7) is 3.33. The molecule has 0 aromatic heterocycles. The van der Waals surface area contributed by atoms with E-state index in [0.717, 1.165) is 0 Å². The van der Waals surface area contributed by atoms with Gasteiger partial charge in [-0.05, 0) is 26.0 Å². The third-order valence-electron chi connectivity index (χ3n) is 2.01. The fourth-order valence-corrected chi connectivity index (χ4v) is 0.976. The van der Waals surface area contributed by atoms with Crippen LogP contribution in [-0.4, -0.2) is 12.4 Å². The van der Waals surface area contributed by atoms with Crippen molar-refractivity contribution < 1.29 is 19.1 Å². The fourth-order valence-electron chi connectivity index (χ4n) is 0.976. The second-order valence-electron chi connectivity index (χ2n) is 3.10. The van der Waals surface area contributed by atoms with E-state index in [4.69, 9.17) is 4.74 Å². The zero-order valence-corrected chi connectivity index (χ0v) is 9.10. The maximum Gasteiger partial charge on any atom is 0.342 e. The Morgan fingerprint density at radius 3 is 2.38 bits per heavy atom. The van der Waals surface area contributed by atoms with E-state index in [-0.39, 0.29) is 17.8 Å². The standard InChI is InChI=1S/C12H12O4/c1-9(10(2)15-8-13)12(14)16-11-6-4-3-5-7-11/h3-8H,1-2H3. The summed E-state index contributed by atoms with van der Waals surface area (Å²) in [6.07, 6.45) is 0.